The molecular formula is C13H11F3N4O2. The summed E-state index contributed by atoms with van der Waals surface area (Å²) in [7, 11) is 0. The molecule has 0 fully saturated rings. The third-order valence-electron chi connectivity index (χ3n) is 2.44. The molecule has 0 saturated heterocycles. The Morgan fingerprint density at radius 2 is 1.82 bits per heavy atom. The Labute approximate surface area is 123 Å². The lowest BCUT2D eigenvalue weighted by atomic mass is 10.3. The van der Waals surface area contributed by atoms with E-state index in [1.807, 2.05) is 5.32 Å². The lowest BCUT2D eigenvalue weighted by Gasteiger charge is -2.09. The molecule has 0 radical (unpaired) electrons. The minimum absolute atomic E-state index is 0.139. The van der Waals surface area contributed by atoms with Crippen molar-refractivity contribution in [1.29, 1.82) is 0 Å². The molecule has 22 heavy (non-hydrogen) atoms. The van der Waals surface area contributed by atoms with Gasteiger partial charge in [0, 0.05) is 0 Å². The molecule has 0 aliphatic carbocycles. The summed E-state index contributed by atoms with van der Waals surface area (Å²) in [6, 6.07) is 0.883. The maximum atomic E-state index is 13.4. The number of hydrogen-bond acceptors (Lipinski definition) is 4. The van der Waals surface area contributed by atoms with E-state index in [0.717, 1.165) is 6.07 Å². The van der Waals surface area contributed by atoms with Crippen LogP contribution in [0.4, 0.5) is 29.3 Å². The monoisotopic (exact) mass is 312 g/mol. The predicted molar refractivity (Wildman–Crippen MR) is 72.2 cm³/mol. The minimum atomic E-state index is -1.66. The molecule has 1 heterocycles. The molecule has 0 aliphatic heterocycles. The van der Waals surface area contributed by atoms with Gasteiger partial charge in [0.25, 0.3) is 0 Å². The topological polar surface area (TPSA) is 76.1 Å². The number of urea groups is 1. The molecule has 9 heteroatoms. The van der Waals surface area contributed by atoms with Gasteiger partial charge >= 0.3 is 12.0 Å². The van der Waals surface area contributed by atoms with Crippen molar-refractivity contribution < 1.29 is 22.7 Å². The Kier molecular flexibility index (Phi) is 4.77. The standard InChI is InChI=1S/C13H11F3N4O2/c1-2-22-13-17-5-7(6-18-13)19-12(21)20-9-4-3-8(14)10(15)11(9)16/h3-6H,2H2,1H3,(H2,19,20,21). The summed E-state index contributed by atoms with van der Waals surface area (Å²) >= 11 is 0. The van der Waals surface area contributed by atoms with Gasteiger partial charge in [-0.25, -0.2) is 27.9 Å². The molecule has 0 atom stereocenters. The Bertz CT molecular complexity index is 680. The number of anilines is 2. The Balaban J connectivity index is 2.02. The van der Waals surface area contributed by atoms with E-state index in [0.29, 0.717) is 12.7 Å². The molecule has 1 aromatic carbocycles. The van der Waals surface area contributed by atoms with Gasteiger partial charge in [-0.2, -0.15) is 0 Å². The maximum absolute atomic E-state index is 13.4. The highest BCUT2D eigenvalue weighted by Crippen LogP contribution is 2.19. The number of rotatable bonds is 4. The summed E-state index contributed by atoms with van der Waals surface area (Å²) in [5.74, 6) is -4.50. The van der Waals surface area contributed by atoms with Gasteiger partial charge in [0.1, 0.15) is 0 Å². The second-order valence-corrected chi connectivity index (χ2v) is 3.99. The number of amides is 2. The van der Waals surface area contributed by atoms with Crippen LogP contribution in [0.2, 0.25) is 0 Å². The largest absolute Gasteiger partial charge is 0.464 e. The van der Waals surface area contributed by atoms with Crippen molar-refractivity contribution >= 4 is 17.4 Å². The van der Waals surface area contributed by atoms with Crippen LogP contribution in [0.15, 0.2) is 24.5 Å². The zero-order valence-corrected chi connectivity index (χ0v) is 11.4. The second-order valence-electron chi connectivity index (χ2n) is 3.99. The van der Waals surface area contributed by atoms with Crippen LogP contribution < -0.4 is 15.4 Å². The number of benzene rings is 1. The van der Waals surface area contributed by atoms with Crippen LogP contribution in [0.3, 0.4) is 0 Å². The summed E-state index contributed by atoms with van der Waals surface area (Å²) in [4.78, 5) is 19.3. The van der Waals surface area contributed by atoms with Gasteiger partial charge in [-0.1, -0.05) is 0 Å². The van der Waals surface area contributed by atoms with Crippen molar-refractivity contribution in [2.75, 3.05) is 17.2 Å². The molecule has 2 N–H and O–H groups in total. The van der Waals surface area contributed by atoms with Crippen LogP contribution in [-0.4, -0.2) is 22.6 Å². The SMILES string of the molecule is CCOc1ncc(NC(=O)Nc2ccc(F)c(F)c2F)cn1. The van der Waals surface area contributed by atoms with Crippen LogP contribution in [0.5, 0.6) is 6.01 Å². The first-order valence-corrected chi connectivity index (χ1v) is 6.17. The molecule has 2 aromatic rings. The van der Waals surface area contributed by atoms with E-state index in [1.165, 1.54) is 12.4 Å². The molecule has 0 unspecified atom stereocenters. The number of ether oxygens (including phenoxy) is 1. The van der Waals surface area contributed by atoms with E-state index in [9.17, 15) is 18.0 Å². The van der Waals surface area contributed by atoms with Gasteiger partial charge < -0.3 is 15.4 Å². The van der Waals surface area contributed by atoms with E-state index in [1.54, 1.807) is 6.92 Å². The van der Waals surface area contributed by atoms with Crippen LogP contribution in [0, 0.1) is 17.5 Å². The van der Waals surface area contributed by atoms with Gasteiger partial charge in [0.15, 0.2) is 17.5 Å². The predicted octanol–water partition coefficient (Wildman–Crippen LogP) is 2.94. The highest BCUT2D eigenvalue weighted by Gasteiger charge is 2.15. The molecule has 0 aliphatic rings. The van der Waals surface area contributed by atoms with Crippen molar-refractivity contribution in [3.05, 3.63) is 42.0 Å². The molecule has 0 saturated carbocycles. The van der Waals surface area contributed by atoms with Gasteiger partial charge in [0.2, 0.25) is 0 Å². The molecule has 0 spiro atoms. The Hall–Kier alpha value is -2.84. The maximum Gasteiger partial charge on any atom is 0.323 e. The van der Waals surface area contributed by atoms with Crippen molar-refractivity contribution in [3.63, 3.8) is 0 Å². The minimum Gasteiger partial charge on any atom is -0.464 e. The van der Waals surface area contributed by atoms with Gasteiger partial charge in [-0.05, 0) is 19.1 Å². The average Bonchev–Trinajstić information content (AvgIpc) is 2.50. The van der Waals surface area contributed by atoms with Crippen LogP contribution >= 0.6 is 0 Å². The number of aromatic nitrogens is 2. The zero-order chi connectivity index (χ0) is 16.1. The Morgan fingerprint density at radius 3 is 2.45 bits per heavy atom. The highest BCUT2D eigenvalue weighted by molar-refractivity contribution is 5.99. The molecule has 116 valence electrons. The van der Waals surface area contributed by atoms with Crippen molar-refractivity contribution in [3.8, 4) is 6.01 Å². The lowest BCUT2D eigenvalue weighted by Crippen LogP contribution is -2.20. The average molecular weight is 312 g/mol. The number of carbonyl (C=O) groups is 1. The number of nitrogens with zero attached hydrogens (tertiary/aromatic N) is 2. The zero-order valence-electron chi connectivity index (χ0n) is 11.4. The van der Waals surface area contributed by atoms with Crippen molar-refractivity contribution in [2.24, 2.45) is 0 Å². The highest BCUT2D eigenvalue weighted by atomic mass is 19.2. The Morgan fingerprint density at radius 1 is 1.14 bits per heavy atom. The van der Waals surface area contributed by atoms with E-state index >= 15 is 0 Å². The van der Waals surface area contributed by atoms with Crippen LogP contribution in [-0.2, 0) is 0 Å². The van der Waals surface area contributed by atoms with Crippen LogP contribution in [0.25, 0.3) is 0 Å². The summed E-state index contributed by atoms with van der Waals surface area (Å²) in [5.41, 5.74) is -0.285. The quantitative estimate of drug-likeness (QED) is 0.851. The third kappa shape index (κ3) is 3.62. The number of carbonyl (C=O) groups excluding carboxylic acids is 1. The van der Waals surface area contributed by atoms with E-state index in [4.69, 9.17) is 4.74 Å². The number of hydrogen-bond donors (Lipinski definition) is 2. The first-order valence-electron chi connectivity index (χ1n) is 6.17. The smallest absolute Gasteiger partial charge is 0.323 e. The van der Waals surface area contributed by atoms with Crippen molar-refractivity contribution in [1.82, 2.24) is 9.97 Å². The van der Waals surface area contributed by atoms with E-state index < -0.39 is 29.2 Å². The normalized spacial score (nSPS) is 10.2. The first-order chi connectivity index (χ1) is 10.5. The summed E-state index contributed by atoms with van der Waals surface area (Å²) in [6.07, 6.45) is 2.55. The summed E-state index contributed by atoms with van der Waals surface area (Å²) < 4.78 is 44.2. The molecule has 0 bridgehead atoms. The second kappa shape index (κ2) is 6.74. The molecule has 6 nitrogen and oxygen atoms in total. The lowest BCUT2D eigenvalue weighted by molar-refractivity contribution is 0.262. The van der Waals surface area contributed by atoms with Crippen LogP contribution in [0.1, 0.15) is 6.92 Å². The summed E-state index contributed by atoms with van der Waals surface area (Å²) in [5, 5.41) is 4.36. The summed E-state index contributed by atoms with van der Waals surface area (Å²) in [6.45, 7) is 2.15. The molecular weight excluding hydrogens is 301 g/mol. The first kappa shape index (κ1) is 15.5. The van der Waals surface area contributed by atoms with E-state index in [2.05, 4.69) is 15.3 Å². The van der Waals surface area contributed by atoms with Gasteiger partial charge in [0.05, 0.1) is 30.4 Å². The van der Waals surface area contributed by atoms with Crippen molar-refractivity contribution in [2.45, 2.75) is 6.92 Å². The third-order valence-corrected chi connectivity index (χ3v) is 2.44. The molecule has 1 aromatic heterocycles. The molecule has 2 amide bonds. The van der Waals surface area contributed by atoms with Gasteiger partial charge in [-0.15, -0.1) is 0 Å². The fourth-order valence-corrected chi connectivity index (χ4v) is 1.49. The molecule has 2 rings (SSSR count). The fraction of sp³-hybridized carbons (Fsp3) is 0.154. The van der Waals surface area contributed by atoms with E-state index in [-0.39, 0.29) is 11.7 Å². The fourth-order valence-electron chi connectivity index (χ4n) is 1.49. The number of halogens is 3. The van der Waals surface area contributed by atoms with Gasteiger partial charge in [-0.3, -0.25) is 0 Å². The number of nitrogens with one attached hydrogen (secondary N) is 2.